The first-order valence-corrected chi connectivity index (χ1v) is 4.97. The molecule has 0 aliphatic heterocycles. The van der Waals surface area contributed by atoms with E-state index in [-0.39, 0.29) is 0 Å². The maximum absolute atomic E-state index is 8.37. The highest BCUT2D eigenvalue weighted by Gasteiger charge is 2.02. The maximum Gasteiger partial charge on any atom is 0.123 e. The summed E-state index contributed by atoms with van der Waals surface area (Å²) in [6.07, 6.45) is 0. The lowest BCUT2D eigenvalue weighted by Crippen LogP contribution is -2.13. The minimum atomic E-state index is 0.343. The Kier molecular flexibility index (Phi) is 4.44. The van der Waals surface area contributed by atoms with Gasteiger partial charge >= 0.3 is 0 Å². The van der Waals surface area contributed by atoms with Crippen LogP contribution in [0.4, 0.5) is 0 Å². The second-order valence-corrected chi connectivity index (χ2v) is 3.63. The van der Waals surface area contributed by atoms with Crippen LogP contribution in [0, 0.1) is 11.3 Å². The van der Waals surface area contributed by atoms with Crippen LogP contribution in [-0.2, 0) is 6.54 Å². The van der Waals surface area contributed by atoms with Crippen molar-refractivity contribution in [2.24, 2.45) is 0 Å². The first kappa shape index (κ1) is 11.0. The Morgan fingerprint density at radius 2 is 2.36 bits per heavy atom. The number of nitrogens with zero attached hydrogens (tertiary/aromatic N) is 1. The van der Waals surface area contributed by atoms with Crippen molar-refractivity contribution >= 4 is 15.9 Å². The third-order valence-corrected chi connectivity index (χ3v) is 2.26. The van der Waals surface area contributed by atoms with Crippen molar-refractivity contribution < 1.29 is 4.74 Å². The van der Waals surface area contributed by atoms with Crippen molar-refractivity contribution in [2.75, 3.05) is 13.7 Å². The van der Waals surface area contributed by atoms with E-state index in [2.05, 4.69) is 21.2 Å². The molecule has 1 N–H and O–H groups in total. The molecule has 0 heterocycles. The number of nitriles is 1. The van der Waals surface area contributed by atoms with Gasteiger partial charge in [0.1, 0.15) is 5.75 Å². The van der Waals surface area contributed by atoms with Crippen LogP contribution in [0.3, 0.4) is 0 Å². The van der Waals surface area contributed by atoms with Gasteiger partial charge in [0, 0.05) is 16.6 Å². The monoisotopic (exact) mass is 254 g/mol. The first-order chi connectivity index (χ1) is 6.77. The zero-order valence-corrected chi connectivity index (χ0v) is 9.47. The van der Waals surface area contributed by atoms with Gasteiger partial charge in [-0.1, -0.05) is 15.9 Å². The van der Waals surface area contributed by atoms with Crippen molar-refractivity contribution in [1.82, 2.24) is 5.32 Å². The van der Waals surface area contributed by atoms with Crippen LogP contribution < -0.4 is 10.1 Å². The average Bonchev–Trinajstić information content (AvgIpc) is 2.19. The number of hydrogen-bond donors (Lipinski definition) is 1. The Morgan fingerprint density at radius 3 is 3.00 bits per heavy atom. The zero-order chi connectivity index (χ0) is 10.4. The largest absolute Gasteiger partial charge is 0.496 e. The van der Waals surface area contributed by atoms with Gasteiger partial charge in [-0.15, -0.1) is 0 Å². The van der Waals surface area contributed by atoms with Crippen LogP contribution in [-0.4, -0.2) is 13.7 Å². The van der Waals surface area contributed by atoms with Crippen molar-refractivity contribution in [1.29, 1.82) is 5.26 Å². The van der Waals surface area contributed by atoms with Gasteiger partial charge in [0.15, 0.2) is 0 Å². The van der Waals surface area contributed by atoms with E-state index in [0.29, 0.717) is 13.1 Å². The summed E-state index contributed by atoms with van der Waals surface area (Å²) in [6, 6.07) is 7.82. The van der Waals surface area contributed by atoms with Gasteiger partial charge in [-0.05, 0) is 18.2 Å². The molecular weight excluding hydrogens is 244 g/mol. The van der Waals surface area contributed by atoms with E-state index in [1.807, 2.05) is 24.3 Å². The second kappa shape index (κ2) is 5.63. The molecule has 3 nitrogen and oxygen atoms in total. The van der Waals surface area contributed by atoms with Crippen LogP contribution in [0.1, 0.15) is 5.56 Å². The lowest BCUT2D eigenvalue weighted by Gasteiger charge is -2.08. The standard InChI is InChI=1S/C10H11BrN2O/c1-14-10-3-2-9(11)6-8(10)7-13-5-4-12/h2-3,6,13H,5,7H2,1H3. The van der Waals surface area contributed by atoms with Crippen LogP contribution >= 0.6 is 15.9 Å². The third-order valence-electron chi connectivity index (χ3n) is 1.76. The van der Waals surface area contributed by atoms with Gasteiger partial charge in [-0.25, -0.2) is 0 Å². The Labute approximate surface area is 91.8 Å². The van der Waals surface area contributed by atoms with Gasteiger partial charge < -0.3 is 10.1 Å². The molecule has 1 aromatic rings. The highest BCUT2D eigenvalue weighted by molar-refractivity contribution is 9.10. The molecule has 0 aliphatic rings. The Morgan fingerprint density at radius 1 is 1.57 bits per heavy atom. The molecule has 0 radical (unpaired) electrons. The summed E-state index contributed by atoms with van der Waals surface area (Å²) in [5, 5.41) is 11.4. The lowest BCUT2D eigenvalue weighted by atomic mass is 10.2. The molecule has 0 bridgehead atoms. The first-order valence-electron chi connectivity index (χ1n) is 4.18. The molecular formula is C10H11BrN2O. The van der Waals surface area contributed by atoms with Gasteiger partial charge in [0.25, 0.3) is 0 Å². The van der Waals surface area contributed by atoms with E-state index in [0.717, 1.165) is 15.8 Å². The number of nitrogens with one attached hydrogen (secondary N) is 1. The average molecular weight is 255 g/mol. The molecule has 0 spiro atoms. The predicted molar refractivity (Wildman–Crippen MR) is 58.0 cm³/mol. The van der Waals surface area contributed by atoms with Crippen LogP contribution in [0.2, 0.25) is 0 Å². The fraction of sp³-hybridized carbons (Fsp3) is 0.300. The molecule has 14 heavy (non-hydrogen) atoms. The van der Waals surface area contributed by atoms with Crippen molar-refractivity contribution in [3.8, 4) is 11.8 Å². The SMILES string of the molecule is COc1ccc(Br)cc1CNCC#N. The van der Waals surface area contributed by atoms with E-state index in [9.17, 15) is 0 Å². The van der Waals surface area contributed by atoms with Gasteiger partial charge in [0.05, 0.1) is 19.7 Å². The van der Waals surface area contributed by atoms with Crippen LogP contribution in [0.5, 0.6) is 5.75 Å². The number of benzene rings is 1. The lowest BCUT2D eigenvalue weighted by molar-refractivity contribution is 0.408. The maximum atomic E-state index is 8.37. The Balaban J connectivity index is 2.73. The summed E-state index contributed by atoms with van der Waals surface area (Å²) in [6.45, 7) is 0.978. The summed E-state index contributed by atoms with van der Waals surface area (Å²) >= 11 is 3.39. The third kappa shape index (κ3) is 3.02. The van der Waals surface area contributed by atoms with Crippen LogP contribution in [0.25, 0.3) is 0 Å². The van der Waals surface area contributed by atoms with Gasteiger partial charge in [-0.2, -0.15) is 5.26 Å². The molecule has 0 saturated carbocycles. The summed E-state index contributed by atoms with van der Waals surface area (Å²) in [4.78, 5) is 0. The molecule has 1 rings (SSSR count). The second-order valence-electron chi connectivity index (χ2n) is 2.72. The normalized spacial score (nSPS) is 9.50. The zero-order valence-electron chi connectivity index (χ0n) is 7.88. The molecule has 0 aliphatic carbocycles. The summed E-state index contributed by atoms with van der Waals surface area (Å²) in [5.74, 6) is 0.832. The van der Waals surface area contributed by atoms with E-state index in [1.54, 1.807) is 7.11 Å². The molecule has 1 aromatic carbocycles. The van der Waals surface area contributed by atoms with E-state index in [1.165, 1.54) is 0 Å². The highest BCUT2D eigenvalue weighted by atomic mass is 79.9. The van der Waals surface area contributed by atoms with Crippen molar-refractivity contribution in [2.45, 2.75) is 6.54 Å². The molecule has 4 heteroatoms. The molecule has 0 unspecified atom stereocenters. The van der Waals surface area contributed by atoms with Crippen molar-refractivity contribution in [3.63, 3.8) is 0 Å². The van der Waals surface area contributed by atoms with Crippen molar-refractivity contribution in [3.05, 3.63) is 28.2 Å². The molecule has 0 fully saturated rings. The number of rotatable bonds is 4. The molecule has 0 amide bonds. The Hall–Kier alpha value is -1.05. The summed E-state index contributed by atoms with van der Waals surface area (Å²) < 4.78 is 6.19. The quantitative estimate of drug-likeness (QED) is 0.661. The summed E-state index contributed by atoms with van der Waals surface area (Å²) in [7, 11) is 1.64. The van der Waals surface area contributed by atoms with Crippen LogP contribution in [0.15, 0.2) is 22.7 Å². The number of ether oxygens (including phenoxy) is 1. The van der Waals surface area contributed by atoms with Gasteiger partial charge in [0.2, 0.25) is 0 Å². The fourth-order valence-electron chi connectivity index (χ4n) is 1.14. The van der Waals surface area contributed by atoms with Gasteiger partial charge in [-0.3, -0.25) is 0 Å². The fourth-order valence-corrected chi connectivity index (χ4v) is 1.55. The number of halogens is 1. The summed E-state index contributed by atoms with van der Waals surface area (Å²) in [5.41, 5.74) is 1.04. The smallest absolute Gasteiger partial charge is 0.123 e. The predicted octanol–water partition coefficient (Wildman–Crippen LogP) is 2.07. The molecule has 74 valence electrons. The topological polar surface area (TPSA) is 45.0 Å². The number of hydrogen-bond acceptors (Lipinski definition) is 3. The molecule has 0 saturated heterocycles. The van der Waals surface area contributed by atoms with E-state index < -0.39 is 0 Å². The van der Waals surface area contributed by atoms with E-state index >= 15 is 0 Å². The van der Waals surface area contributed by atoms with E-state index in [4.69, 9.17) is 10.00 Å². The Bertz CT molecular complexity index is 346. The minimum Gasteiger partial charge on any atom is -0.496 e. The highest BCUT2D eigenvalue weighted by Crippen LogP contribution is 2.22. The number of methoxy groups -OCH3 is 1. The minimum absolute atomic E-state index is 0.343. The molecule has 0 atom stereocenters. The molecule has 0 aromatic heterocycles.